The van der Waals surface area contributed by atoms with Crippen molar-refractivity contribution < 1.29 is 4.74 Å². The molecule has 0 bridgehead atoms. The average Bonchev–Trinajstić information content (AvgIpc) is 2.43. The molecule has 0 aromatic heterocycles. The second-order valence-corrected chi connectivity index (χ2v) is 3.57. The first-order valence-corrected chi connectivity index (χ1v) is 4.14. The number of hydrogen-bond donors (Lipinski definition) is 0. The molecular formula is C8H15NO. The summed E-state index contributed by atoms with van der Waals surface area (Å²) in [4.78, 5) is 2.45. The van der Waals surface area contributed by atoms with Crippen molar-refractivity contribution >= 4 is 0 Å². The predicted molar refractivity (Wildman–Crippen MR) is 40.0 cm³/mol. The van der Waals surface area contributed by atoms with Crippen molar-refractivity contribution in [2.45, 2.75) is 18.9 Å². The topological polar surface area (TPSA) is 12.5 Å². The van der Waals surface area contributed by atoms with Crippen molar-refractivity contribution in [2.75, 3.05) is 26.8 Å². The van der Waals surface area contributed by atoms with Gasteiger partial charge in [-0.1, -0.05) is 0 Å². The van der Waals surface area contributed by atoms with Crippen LogP contribution in [0, 0.1) is 5.92 Å². The van der Waals surface area contributed by atoms with E-state index in [0.29, 0.717) is 0 Å². The predicted octanol–water partition coefficient (Wildman–Crippen LogP) is 0.727. The van der Waals surface area contributed by atoms with E-state index in [0.717, 1.165) is 25.2 Å². The van der Waals surface area contributed by atoms with E-state index in [-0.39, 0.29) is 0 Å². The lowest BCUT2D eigenvalue weighted by molar-refractivity contribution is -0.0570. The van der Waals surface area contributed by atoms with Crippen LogP contribution in [0.2, 0.25) is 0 Å². The van der Waals surface area contributed by atoms with Crippen molar-refractivity contribution in [2.24, 2.45) is 5.92 Å². The maximum atomic E-state index is 5.12. The van der Waals surface area contributed by atoms with Crippen molar-refractivity contribution in [1.82, 2.24) is 4.90 Å². The molecule has 0 N–H and O–H groups in total. The first kappa shape index (κ1) is 6.62. The van der Waals surface area contributed by atoms with Crippen molar-refractivity contribution in [3.8, 4) is 0 Å². The average molecular weight is 141 g/mol. The highest BCUT2D eigenvalue weighted by Gasteiger charge is 2.29. The standard InChI is InChI=1S/C8H15NO/c1-9(4-7-2-3-7)8-5-10-6-8/h7-8H,2-6H2,1H3. The number of nitrogens with zero attached hydrogens (tertiary/aromatic N) is 1. The van der Waals surface area contributed by atoms with E-state index in [9.17, 15) is 0 Å². The summed E-state index contributed by atoms with van der Waals surface area (Å²) in [5.41, 5.74) is 0. The maximum Gasteiger partial charge on any atom is 0.0645 e. The molecule has 2 nitrogen and oxygen atoms in total. The second-order valence-electron chi connectivity index (χ2n) is 3.57. The minimum absolute atomic E-state index is 0.737. The summed E-state index contributed by atoms with van der Waals surface area (Å²) in [6, 6.07) is 0.737. The Morgan fingerprint density at radius 3 is 2.50 bits per heavy atom. The molecule has 0 spiro atoms. The van der Waals surface area contributed by atoms with Gasteiger partial charge in [0.25, 0.3) is 0 Å². The highest BCUT2D eigenvalue weighted by Crippen LogP contribution is 2.30. The molecule has 2 fully saturated rings. The van der Waals surface area contributed by atoms with E-state index in [2.05, 4.69) is 11.9 Å². The molecule has 2 heteroatoms. The molecule has 58 valence electrons. The summed E-state index contributed by atoms with van der Waals surface area (Å²) in [5.74, 6) is 1.02. The number of ether oxygens (including phenoxy) is 1. The first-order chi connectivity index (χ1) is 4.86. The lowest BCUT2D eigenvalue weighted by Crippen LogP contribution is -2.47. The fourth-order valence-electron chi connectivity index (χ4n) is 1.33. The molecule has 1 aliphatic heterocycles. The number of rotatable bonds is 3. The minimum Gasteiger partial charge on any atom is -0.378 e. The maximum absolute atomic E-state index is 5.12. The molecule has 1 saturated carbocycles. The van der Waals surface area contributed by atoms with Gasteiger partial charge in [-0.25, -0.2) is 0 Å². The van der Waals surface area contributed by atoms with E-state index < -0.39 is 0 Å². The molecular weight excluding hydrogens is 126 g/mol. The van der Waals surface area contributed by atoms with E-state index in [1.807, 2.05) is 0 Å². The van der Waals surface area contributed by atoms with Crippen LogP contribution in [0.4, 0.5) is 0 Å². The first-order valence-electron chi connectivity index (χ1n) is 4.14. The molecule has 2 aliphatic rings. The van der Waals surface area contributed by atoms with Crippen LogP contribution in [0.1, 0.15) is 12.8 Å². The Morgan fingerprint density at radius 2 is 2.10 bits per heavy atom. The van der Waals surface area contributed by atoms with Gasteiger partial charge in [-0.15, -0.1) is 0 Å². The van der Waals surface area contributed by atoms with Crippen LogP contribution < -0.4 is 0 Å². The summed E-state index contributed by atoms with van der Waals surface area (Å²) in [6.07, 6.45) is 2.91. The van der Waals surface area contributed by atoms with Gasteiger partial charge >= 0.3 is 0 Å². The molecule has 2 rings (SSSR count). The Kier molecular flexibility index (Phi) is 1.66. The molecule has 0 atom stereocenters. The lowest BCUT2D eigenvalue weighted by Gasteiger charge is -2.34. The van der Waals surface area contributed by atoms with Gasteiger partial charge in [-0.05, 0) is 25.8 Å². The van der Waals surface area contributed by atoms with Gasteiger partial charge in [0, 0.05) is 6.54 Å². The van der Waals surface area contributed by atoms with E-state index in [1.165, 1.54) is 19.4 Å². The van der Waals surface area contributed by atoms with Crippen LogP contribution in [-0.2, 0) is 4.74 Å². The van der Waals surface area contributed by atoms with Gasteiger partial charge in [0.1, 0.15) is 0 Å². The summed E-state index contributed by atoms with van der Waals surface area (Å²) in [5, 5.41) is 0. The minimum atomic E-state index is 0.737. The number of hydrogen-bond acceptors (Lipinski definition) is 2. The molecule has 0 aromatic carbocycles. The van der Waals surface area contributed by atoms with Gasteiger partial charge in [-0.2, -0.15) is 0 Å². The Hall–Kier alpha value is -0.0800. The van der Waals surface area contributed by atoms with Crippen molar-refractivity contribution in [3.05, 3.63) is 0 Å². The van der Waals surface area contributed by atoms with Gasteiger partial charge in [-0.3, -0.25) is 4.90 Å². The smallest absolute Gasteiger partial charge is 0.0645 e. The van der Waals surface area contributed by atoms with Gasteiger partial charge in [0.15, 0.2) is 0 Å². The lowest BCUT2D eigenvalue weighted by atomic mass is 10.2. The van der Waals surface area contributed by atoms with Crippen LogP contribution in [0.15, 0.2) is 0 Å². The molecule has 1 saturated heterocycles. The molecule has 0 amide bonds. The molecule has 0 unspecified atom stereocenters. The van der Waals surface area contributed by atoms with Crippen LogP contribution in [0.3, 0.4) is 0 Å². The molecule has 0 radical (unpaired) electrons. The summed E-state index contributed by atoms with van der Waals surface area (Å²) in [7, 11) is 2.21. The van der Waals surface area contributed by atoms with Crippen LogP contribution >= 0.6 is 0 Å². The highest BCUT2D eigenvalue weighted by atomic mass is 16.5. The Bertz CT molecular complexity index is 118. The highest BCUT2D eigenvalue weighted by molar-refractivity contribution is 4.81. The van der Waals surface area contributed by atoms with Crippen LogP contribution in [-0.4, -0.2) is 37.7 Å². The molecule has 10 heavy (non-hydrogen) atoms. The fourth-order valence-corrected chi connectivity index (χ4v) is 1.33. The largest absolute Gasteiger partial charge is 0.378 e. The van der Waals surface area contributed by atoms with Crippen LogP contribution in [0.25, 0.3) is 0 Å². The summed E-state index contributed by atoms with van der Waals surface area (Å²) < 4.78 is 5.12. The normalized spacial score (nSPS) is 27.0. The quantitative estimate of drug-likeness (QED) is 0.574. The second kappa shape index (κ2) is 2.51. The Morgan fingerprint density at radius 1 is 1.40 bits per heavy atom. The zero-order valence-electron chi connectivity index (χ0n) is 6.55. The number of likely N-dealkylation sites (N-methyl/N-ethyl adjacent to an activating group) is 1. The third-order valence-electron chi connectivity index (χ3n) is 2.49. The van der Waals surface area contributed by atoms with E-state index in [1.54, 1.807) is 0 Å². The van der Waals surface area contributed by atoms with Gasteiger partial charge in [0.05, 0.1) is 19.3 Å². The SMILES string of the molecule is CN(CC1CC1)C1COC1. The molecule has 1 aliphatic carbocycles. The Balaban J connectivity index is 1.69. The zero-order valence-corrected chi connectivity index (χ0v) is 6.55. The summed E-state index contributed by atoms with van der Waals surface area (Å²) in [6.45, 7) is 3.22. The third-order valence-corrected chi connectivity index (χ3v) is 2.49. The summed E-state index contributed by atoms with van der Waals surface area (Å²) >= 11 is 0. The van der Waals surface area contributed by atoms with Gasteiger partial charge in [0.2, 0.25) is 0 Å². The van der Waals surface area contributed by atoms with Crippen LogP contribution in [0.5, 0.6) is 0 Å². The molecule has 0 aromatic rings. The fraction of sp³-hybridized carbons (Fsp3) is 1.00. The van der Waals surface area contributed by atoms with Gasteiger partial charge < -0.3 is 4.74 Å². The Labute approximate surface area is 62.2 Å². The monoisotopic (exact) mass is 141 g/mol. The zero-order chi connectivity index (χ0) is 6.97. The van der Waals surface area contributed by atoms with E-state index >= 15 is 0 Å². The van der Waals surface area contributed by atoms with Crippen molar-refractivity contribution in [3.63, 3.8) is 0 Å². The van der Waals surface area contributed by atoms with E-state index in [4.69, 9.17) is 4.74 Å². The van der Waals surface area contributed by atoms with Crippen molar-refractivity contribution in [1.29, 1.82) is 0 Å². The third kappa shape index (κ3) is 1.32. The molecule has 1 heterocycles.